The van der Waals surface area contributed by atoms with E-state index in [1.54, 1.807) is 18.2 Å². The lowest BCUT2D eigenvalue weighted by molar-refractivity contribution is 0.277. The zero-order valence-electron chi connectivity index (χ0n) is 9.16. The lowest BCUT2D eigenvalue weighted by Crippen LogP contribution is -2.14. The number of hydrogen-bond donors (Lipinski definition) is 2. The van der Waals surface area contributed by atoms with Crippen LogP contribution >= 0.6 is 38.9 Å². The molecule has 2 aromatic rings. The van der Waals surface area contributed by atoms with Crippen molar-refractivity contribution < 1.29 is 9.50 Å². The highest BCUT2D eigenvalue weighted by atomic mass is 79.9. The molecular formula is C12H10BrClFNOS. The first kappa shape index (κ1) is 13.8. The molecule has 1 heterocycles. The second-order valence-corrected chi connectivity index (χ2v) is 6.17. The third-order valence-corrected chi connectivity index (χ3v) is 4.98. The van der Waals surface area contributed by atoms with E-state index in [2.05, 4.69) is 21.2 Å². The van der Waals surface area contributed by atoms with Crippen molar-refractivity contribution in [1.82, 2.24) is 0 Å². The van der Waals surface area contributed by atoms with E-state index in [0.717, 1.165) is 9.35 Å². The minimum absolute atomic E-state index is 0.141. The van der Waals surface area contributed by atoms with Gasteiger partial charge in [-0.05, 0) is 34.1 Å². The second kappa shape index (κ2) is 6.02. The molecule has 2 rings (SSSR count). The summed E-state index contributed by atoms with van der Waals surface area (Å²) in [6.07, 6.45) is 0. The Hall–Kier alpha value is -0.620. The van der Waals surface area contributed by atoms with Gasteiger partial charge in [0.25, 0.3) is 0 Å². The van der Waals surface area contributed by atoms with Crippen LogP contribution in [0.1, 0.15) is 10.9 Å². The number of aliphatic hydroxyl groups is 1. The summed E-state index contributed by atoms with van der Waals surface area (Å²) < 4.78 is 14.9. The van der Waals surface area contributed by atoms with Crippen LogP contribution < -0.4 is 5.32 Å². The highest BCUT2D eigenvalue weighted by molar-refractivity contribution is 9.10. The molecule has 0 spiro atoms. The average Bonchev–Trinajstić information content (AvgIpc) is 2.68. The number of anilines is 1. The number of para-hydroxylation sites is 1. The summed E-state index contributed by atoms with van der Waals surface area (Å²) >= 11 is 10.6. The number of thiophene rings is 1. The molecule has 0 saturated carbocycles. The number of rotatable bonds is 4. The molecule has 2 nitrogen and oxygen atoms in total. The fourth-order valence-electron chi connectivity index (χ4n) is 1.51. The molecule has 0 saturated heterocycles. The highest BCUT2D eigenvalue weighted by Gasteiger charge is 2.16. The Bertz CT molecular complexity index is 529. The molecule has 0 amide bonds. The first-order valence-corrected chi connectivity index (χ1v) is 7.17. The summed E-state index contributed by atoms with van der Waals surface area (Å²) in [5, 5.41) is 12.4. The largest absolute Gasteiger partial charge is 0.394 e. The van der Waals surface area contributed by atoms with Crippen LogP contribution in [0, 0.1) is 5.82 Å². The van der Waals surface area contributed by atoms with Crippen molar-refractivity contribution in [3.8, 4) is 0 Å². The second-order valence-electron chi connectivity index (χ2n) is 3.63. The van der Waals surface area contributed by atoms with Crippen LogP contribution in [0.5, 0.6) is 0 Å². The lowest BCUT2D eigenvalue weighted by Gasteiger charge is -2.16. The molecule has 2 N–H and O–H groups in total. The van der Waals surface area contributed by atoms with E-state index >= 15 is 0 Å². The van der Waals surface area contributed by atoms with Crippen molar-refractivity contribution in [2.45, 2.75) is 6.04 Å². The van der Waals surface area contributed by atoms with E-state index in [1.807, 2.05) is 6.07 Å². The Labute approximate surface area is 122 Å². The van der Waals surface area contributed by atoms with Gasteiger partial charge in [-0.15, -0.1) is 11.3 Å². The minimum Gasteiger partial charge on any atom is -0.394 e. The van der Waals surface area contributed by atoms with Gasteiger partial charge >= 0.3 is 0 Å². The van der Waals surface area contributed by atoms with Gasteiger partial charge in [0.1, 0.15) is 10.2 Å². The average molecular weight is 351 g/mol. The Morgan fingerprint density at radius 1 is 1.44 bits per heavy atom. The Balaban J connectivity index is 2.22. The molecule has 18 heavy (non-hydrogen) atoms. The zero-order valence-corrected chi connectivity index (χ0v) is 12.3. The van der Waals surface area contributed by atoms with Crippen LogP contribution in [0.4, 0.5) is 10.1 Å². The van der Waals surface area contributed by atoms with Crippen molar-refractivity contribution in [2.24, 2.45) is 0 Å². The molecule has 6 heteroatoms. The van der Waals surface area contributed by atoms with Crippen molar-refractivity contribution in [2.75, 3.05) is 11.9 Å². The minimum atomic E-state index is -0.379. The molecule has 0 fully saturated rings. The first-order valence-electron chi connectivity index (χ1n) is 5.18. The van der Waals surface area contributed by atoms with Gasteiger partial charge in [-0.2, -0.15) is 0 Å². The number of benzene rings is 1. The van der Waals surface area contributed by atoms with Crippen LogP contribution in [0.25, 0.3) is 0 Å². The maximum absolute atomic E-state index is 13.5. The van der Waals surface area contributed by atoms with Crippen molar-refractivity contribution in [1.29, 1.82) is 0 Å². The monoisotopic (exact) mass is 349 g/mol. The maximum atomic E-state index is 13.5. The van der Waals surface area contributed by atoms with Crippen LogP contribution in [0.15, 0.2) is 34.8 Å². The molecule has 0 bridgehead atoms. The molecular weight excluding hydrogens is 341 g/mol. The van der Waals surface area contributed by atoms with E-state index in [9.17, 15) is 9.50 Å². The van der Waals surface area contributed by atoms with E-state index in [1.165, 1.54) is 17.4 Å². The van der Waals surface area contributed by atoms with Gasteiger partial charge in [0.2, 0.25) is 0 Å². The van der Waals surface area contributed by atoms with Crippen molar-refractivity contribution in [3.05, 3.63) is 49.8 Å². The number of halogens is 3. The van der Waals surface area contributed by atoms with Crippen LogP contribution in [-0.4, -0.2) is 11.7 Å². The van der Waals surface area contributed by atoms with Gasteiger partial charge in [0, 0.05) is 9.35 Å². The van der Waals surface area contributed by atoms with Gasteiger partial charge in [-0.1, -0.05) is 23.7 Å². The topological polar surface area (TPSA) is 32.3 Å². The van der Waals surface area contributed by atoms with Gasteiger partial charge in [0.15, 0.2) is 0 Å². The fourth-order valence-corrected chi connectivity index (χ4v) is 3.29. The van der Waals surface area contributed by atoms with Crippen LogP contribution in [0.3, 0.4) is 0 Å². The van der Waals surface area contributed by atoms with E-state index in [0.29, 0.717) is 10.0 Å². The Morgan fingerprint density at radius 2 is 2.17 bits per heavy atom. The number of nitrogens with one attached hydrogen (secondary N) is 1. The fraction of sp³-hybridized carbons (Fsp3) is 0.167. The molecule has 1 atom stereocenters. The predicted molar refractivity (Wildman–Crippen MR) is 76.9 cm³/mol. The van der Waals surface area contributed by atoms with Gasteiger partial charge in [0.05, 0.1) is 18.3 Å². The van der Waals surface area contributed by atoms with Gasteiger partial charge in [-0.3, -0.25) is 0 Å². The summed E-state index contributed by atoms with van der Waals surface area (Å²) in [5.74, 6) is -0.349. The van der Waals surface area contributed by atoms with Crippen LogP contribution in [-0.2, 0) is 0 Å². The number of aliphatic hydroxyl groups excluding tert-OH is 1. The molecule has 1 aromatic carbocycles. The van der Waals surface area contributed by atoms with E-state index < -0.39 is 0 Å². The quantitative estimate of drug-likeness (QED) is 0.854. The molecule has 0 aliphatic carbocycles. The summed E-state index contributed by atoms with van der Waals surface area (Å²) in [4.78, 5) is 0.845. The summed E-state index contributed by atoms with van der Waals surface area (Å²) in [7, 11) is 0. The summed E-state index contributed by atoms with van der Waals surface area (Å²) in [6, 6.07) is 7.79. The maximum Gasteiger partial charge on any atom is 0.146 e. The molecule has 96 valence electrons. The first-order chi connectivity index (χ1) is 8.61. The van der Waals surface area contributed by atoms with E-state index in [4.69, 9.17) is 11.6 Å². The Morgan fingerprint density at radius 3 is 2.72 bits per heavy atom. The highest BCUT2D eigenvalue weighted by Crippen LogP contribution is 2.36. The molecule has 1 aromatic heterocycles. The van der Waals surface area contributed by atoms with Crippen LogP contribution in [0.2, 0.25) is 4.34 Å². The van der Waals surface area contributed by atoms with Gasteiger partial charge in [-0.25, -0.2) is 4.39 Å². The van der Waals surface area contributed by atoms with E-state index in [-0.39, 0.29) is 18.5 Å². The summed E-state index contributed by atoms with van der Waals surface area (Å²) in [5.41, 5.74) is 0.359. The molecule has 0 aliphatic heterocycles. The molecule has 1 unspecified atom stereocenters. The zero-order chi connectivity index (χ0) is 13.1. The normalized spacial score (nSPS) is 12.4. The molecule has 0 aliphatic rings. The smallest absolute Gasteiger partial charge is 0.146 e. The number of hydrogen-bond acceptors (Lipinski definition) is 3. The molecule has 0 radical (unpaired) electrons. The predicted octanol–water partition coefficient (Wildman–Crippen LogP) is 4.45. The third-order valence-electron chi connectivity index (χ3n) is 2.39. The Kier molecular flexibility index (Phi) is 4.61. The van der Waals surface area contributed by atoms with Gasteiger partial charge < -0.3 is 10.4 Å². The third kappa shape index (κ3) is 3.03. The SMILES string of the molecule is OCC(Nc1ccccc1F)c1cc(Br)c(Cl)s1. The van der Waals surface area contributed by atoms with Crippen molar-refractivity contribution >= 4 is 44.6 Å². The summed E-state index contributed by atoms with van der Waals surface area (Å²) in [6.45, 7) is -0.141. The lowest BCUT2D eigenvalue weighted by atomic mass is 10.2. The van der Waals surface area contributed by atoms with Crippen molar-refractivity contribution in [3.63, 3.8) is 0 Å². The standard InChI is InChI=1S/C12H10BrClFNOS/c13-7-5-11(18-12(7)14)10(6-17)16-9-4-2-1-3-8(9)15/h1-5,10,16-17H,6H2.